The molecular weight excluding hydrogens is 252 g/mol. The van der Waals surface area contributed by atoms with Crippen molar-refractivity contribution in [1.82, 2.24) is 0 Å². The van der Waals surface area contributed by atoms with Crippen LogP contribution in [-0.4, -0.2) is 37.7 Å². The predicted octanol–water partition coefficient (Wildman–Crippen LogP) is 1.55. The van der Waals surface area contributed by atoms with Crippen molar-refractivity contribution >= 4 is 11.8 Å². The van der Waals surface area contributed by atoms with Gasteiger partial charge in [-0.3, -0.25) is 9.59 Å². The van der Waals surface area contributed by atoms with E-state index in [1.807, 2.05) is 0 Å². The Morgan fingerprint density at radius 1 is 1.21 bits per heavy atom. The van der Waals surface area contributed by atoms with Crippen molar-refractivity contribution in [2.24, 2.45) is 0 Å². The maximum absolute atomic E-state index is 11.9. The van der Waals surface area contributed by atoms with E-state index in [2.05, 4.69) is 4.74 Å². The first-order chi connectivity index (χ1) is 9.03. The molecule has 1 N–H and O–H groups in total. The first kappa shape index (κ1) is 14.8. The molecule has 0 saturated carbocycles. The van der Waals surface area contributed by atoms with Gasteiger partial charge < -0.3 is 19.3 Å². The number of carbonyl (C=O) groups is 2. The summed E-state index contributed by atoms with van der Waals surface area (Å²) in [4.78, 5) is 23.2. The smallest absolute Gasteiger partial charge is 0.313 e. The number of carbonyl (C=O) groups excluding carboxylic acids is 2. The summed E-state index contributed by atoms with van der Waals surface area (Å²) in [6.45, 7) is 1.84. The van der Waals surface area contributed by atoms with Crippen molar-refractivity contribution in [3.05, 3.63) is 17.7 Å². The molecule has 6 heteroatoms. The van der Waals surface area contributed by atoms with Gasteiger partial charge in [-0.25, -0.2) is 0 Å². The molecule has 0 unspecified atom stereocenters. The third-order valence-corrected chi connectivity index (χ3v) is 2.40. The first-order valence-electron chi connectivity index (χ1n) is 5.67. The molecule has 0 heterocycles. The van der Waals surface area contributed by atoms with Crippen LogP contribution in [0.4, 0.5) is 0 Å². The molecule has 6 nitrogen and oxygen atoms in total. The monoisotopic (exact) mass is 268 g/mol. The van der Waals surface area contributed by atoms with Crippen molar-refractivity contribution < 1.29 is 28.9 Å². The van der Waals surface area contributed by atoms with Crippen molar-refractivity contribution in [3.8, 4) is 17.2 Å². The number of hydrogen-bond acceptors (Lipinski definition) is 6. The predicted molar refractivity (Wildman–Crippen MR) is 66.8 cm³/mol. The lowest BCUT2D eigenvalue weighted by Gasteiger charge is -2.11. The van der Waals surface area contributed by atoms with Crippen LogP contribution in [0.15, 0.2) is 12.1 Å². The summed E-state index contributed by atoms with van der Waals surface area (Å²) in [5.41, 5.74) is -0.0589. The number of hydrogen-bond donors (Lipinski definition) is 1. The fourth-order valence-corrected chi connectivity index (χ4v) is 1.57. The third kappa shape index (κ3) is 3.61. The van der Waals surface area contributed by atoms with Crippen LogP contribution in [0, 0.1) is 0 Å². The molecule has 19 heavy (non-hydrogen) atoms. The number of benzene rings is 1. The molecule has 0 radical (unpaired) electrons. The van der Waals surface area contributed by atoms with Gasteiger partial charge in [0, 0.05) is 12.1 Å². The third-order valence-electron chi connectivity index (χ3n) is 2.40. The van der Waals surface area contributed by atoms with Gasteiger partial charge in [-0.05, 0) is 6.92 Å². The minimum atomic E-state index is -0.648. The van der Waals surface area contributed by atoms with Gasteiger partial charge in [0.05, 0.1) is 20.8 Å². The molecule has 0 aliphatic carbocycles. The van der Waals surface area contributed by atoms with Gasteiger partial charge in [0.1, 0.15) is 29.2 Å². The van der Waals surface area contributed by atoms with E-state index < -0.39 is 18.2 Å². The van der Waals surface area contributed by atoms with E-state index in [1.165, 1.54) is 26.4 Å². The van der Waals surface area contributed by atoms with Crippen LogP contribution in [0.3, 0.4) is 0 Å². The highest BCUT2D eigenvalue weighted by atomic mass is 16.5. The summed E-state index contributed by atoms with van der Waals surface area (Å²) < 4.78 is 14.7. The van der Waals surface area contributed by atoms with E-state index in [-0.39, 0.29) is 23.7 Å². The van der Waals surface area contributed by atoms with Crippen LogP contribution in [0.1, 0.15) is 23.7 Å². The summed E-state index contributed by atoms with van der Waals surface area (Å²) in [7, 11) is 2.78. The quantitative estimate of drug-likeness (QED) is 0.479. The minimum Gasteiger partial charge on any atom is -0.507 e. The van der Waals surface area contributed by atoms with Crippen LogP contribution in [0.5, 0.6) is 17.2 Å². The molecule has 104 valence electrons. The van der Waals surface area contributed by atoms with Crippen LogP contribution in [-0.2, 0) is 9.53 Å². The van der Waals surface area contributed by atoms with Gasteiger partial charge in [-0.1, -0.05) is 0 Å². The summed E-state index contributed by atoms with van der Waals surface area (Å²) in [5, 5.41) is 9.81. The van der Waals surface area contributed by atoms with Crippen molar-refractivity contribution in [2.45, 2.75) is 13.3 Å². The molecule has 0 aliphatic rings. The number of phenolic OH excluding ortho intramolecular Hbond substituents is 1. The zero-order valence-corrected chi connectivity index (χ0v) is 11.1. The van der Waals surface area contributed by atoms with Gasteiger partial charge >= 0.3 is 5.97 Å². The maximum atomic E-state index is 11.9. The average Bonchev–Trinajstić information content (AvgIpc) is 2.37. The van der Waals surface area contributed by atoms with Crippen molar-refractivity contribution in [3.63, 3.8) is 0 Å². The average molecular weight is 268 g/mol. The largest absolute Gasteiger partial charge is 0.507 e. The second-order valence-electron chi connectivity index (χ2n) is 3.63. The molecule has 1 aromatic rings. The second kappa shape index (κ2) is 6.63. The molecule has 1 aromatic carbocycles. The fraction of sp³-hybridized carbons (Fsp3) is 0.385. The highest BCUT2D eigenvalue weighted by Gasteiger charge is 2.22. The van der Waals surface area contributed by atoms with Gasteiger partial charge in [-0.15, -0.1) is 0 Å². The number of ketones is 1. The summed E-state index contributed by atoms with van der Waals surface area (Å²) in [6.07, 6.45) is -0.454. The molecule has 0 aliphatic heterocycles. The number of phenols is 1. The Balaban J connectivity index is 3.05. The molecule has 0 bridgehead atoms. The number of methoxy groups -OCH3 is 2. The van der Waals surface area contributed by atoms with E-state index in [4.69, 9.17) is 9.47 Å². The normalized spacial score (nSPS) is 9.84. The van der Waals surface area contributed by atoms with E-state index >= 15 is 0 Å². The number of aromatic hydroxyl groups is 1. The summed E-state index contributed by atoms with van der Waals surface area (Å²) in [6, 6.07) is 2.74. The Morgan fingerprint density at radius 2 is 1.89 bits per heavy atom. The lowest BCUT2D eigenvalue weighted by molar-refractivity contribution is -0.141. The van der Waals surface area contributed by atoms with Crippen LogP contribution >= 0.6 is 0 Å². The van der Waals surface area contributed by atoms with Gasteiger partial charge in [0.25, 0.3) is 0 Å². The molecule has 0 aromatic heterocycles. The summed E-state index contributed by atoms with van der Waals surface area (Å²) >= 11 is 0. The first-order valence-corrected chi connectivity index (χ1v) is 5.67. The lowest BCUT2D eigenvalue weighted by atomic mass is 10.1. The molecule has 0 atom stereocenters. The lowest BCUT2D eigenvalue weighted by Crippen LogP contribution is -2.12. The number of Topliss-reactive ketones (excluding diaryl/α,β-unsaturated/α-hetero) is 1. The highest BCUT2D eigenvalue weighted by Crippen LogP contribution is 2.34. The fourth-order valence-electron chi connectivity index (χ4n) is 1.57. The van der Waals surface area contributed by atoms with E-state index in [9.17, 15) is 14.7 Å². The van der Waals surface area contributed by atoms with Crippen LogP contribution in [0.25, 0.3) is 0 Å². The molecule has 0 saturated heterocycles. The Morgan fingerprint density at radius 3 is 2.42 bits per heavy atom. The Labute approximate surface area is 110 Å². The zero-order valence-electron chi connectivity index (χ0n) is 11.1. The summed E-state index contributed by atoms with van der Waals surface area (Å²) in [5.74, 6) is -1.03. The van der Waals surface area contributed by atoms with E-state index in [0.29, 0.717) is 5.75 Å². The SMILES string of the molecule is CCOC(=O)CC(=O)c1c(O)cc(OC)cc1OC. The number of ether oxygens (including phenoxy) is 3. The Bertz CT molecular complexity index is 480. The molecule has 1 rings (SSSR count). The minimum absolute atomic E-state index is 0.0589. The Hall–Kier alpha value is -2.24. The van der Waals surface area contributed by atoms with Gasteiger partial charge in [-0.2, -0.15) is 0 Å². The molecular formula is C13H16O6. The highest BCUT2D eigenvalue weighted by molar-refractivity contribution is 6.09. The zero-order chi connectivity index (χ0) is 14.4. The molecule has 0 spiro atoms. The van der Waals surface area contributed by atoms with Gasteiger partial charge in [0.2, 0.25) is 0 Å². The Kier molecular flexibility index (Phi) is 5.17. The standard InChI is InChI=1S/C13H16O6/c1-4-19-12(16)7-10(15)13-9(14)5-8(17-2)6-11(13)18-3/h5-6,14H,4,7H2,1-3H3. The van der Waals surface area contributed by atoms with E-state index in [0.717, 1.165) is 0 Å². The number of esters is 1. The molecule has 0 amide bonds. The maximum Gasteiger partial charge on any atom is 0.313 e. The van der Waals surface area contributed by atoms with Crippen LogP contribution < -0.4 is 9.47 Å². The van der Waals surface area contributed by atoms with Crippen molar-refractivity contribution in [2.75, 3.05) is 20.8 Å². The van der Waals surface area contributed by atoms with E-state index in [1.54, 1.807) is 6.92 Å². The van der Waals surface area contributed by atoms with Crippen LogP contribution in [0.2, 0.25) is 0 Å². The van der Waals surface area contributed by atoms with Crippen molar-refractivity contribution in [1.29, 1.82) is 0 Å². The number of rotatable bonds is 6. The molecule has 0 fully saturated rings. The van der Waals surface area contributed by atoms with Gasteiger partial charge in [0.15, 0.2) is 5.78 Å². The topological polar surface area (TPSA) is 82.1 Å². The second-order valence-corrected chi connectivity index (χ2v) is 3.63.